The van der Waals surface area contributed by atoms with Crippen LogP contribution in [0.3, 0.4) is 0 Å². The van der Waals surface area contributed by atoms with Gasteiger partial charge in [-0.3, -0.25) is 4.79 Å². The average Bonchev–Trinajstić information content (AvgIpc) is 2.41. The van der Waals surface area contributed by atoms with E-state index in [1.807, 2.05) is 44.2 Å². The van der Waals surface area contributed by atoms with Gasteiger partial charge in [0.15, 0.2) is 0 Å². The molecule has 0 saturated carbocycles. The molecule has 0 radical (unpaired) electrons. The van der Waals surface area contributed by atoms with E-state index in [4.69, 9.17) is 0 Å². The summed E-state index contributed by atoms with van der Waals surface area (Å²) in [6.07, 6.45) is 11.5. The van der Waals surface area contributed by atoms with Crippen LogP contribution in [0.25, 0.3) is 0 Å². The van der Waals surface area contributed by atoms with Crippen molar-refractivity contribution in [1.29, 1.82) is 0 Å². The number of hydrogen-bond acceptors (Lipinski definition) is 3. The number of aliphatic hydroxyl groups excluding tert-OH is 2. The Morgan fingerprint density at radius 2 is 1.87 bits per heavy atom. The smallest absolute Gasteiger partial charge is 0.138 e. The average molecular weight is 316 g/mol. The summed E-state index contributed by atoms with van der Waals surface area (Å²) < 4.78 is 0. The minimum Gasteiger partial charge on any atom is -0.388 e. The number of ketones is 1. The van der Waals surface area contributed by atoms with Gasteiger partial charge in [0.2, 0.25) is 0 Å². The second kappa shape index (κ2) is 8.80. The van der Waals surface area contributed by atoms with E-state index in [0.717, 1.165) is 11.1 Å². The topological polar surface area (TPSA) is 57.5 Å². The normalized spacial score (nSPS) is 28.2. The van der Waals surface area contributed by atoms with E-state index < -0.39 is 18.1 Å². The highest BCUT2D eigenvalue weighted by atomic mass is 16.3. The molecule has 3 heteroatoms. The lowest BCUT2D eigenvalue weighted by Crippen LogP contribution is -2.40. The molecule has 0 aromatic rings. The summed E-state index contributed by atoms with van der Waals surface area (Å²) >= 11 is 0. The van der Waals surface area contributed by atoms with Gasteiger partial charge in [-0.2, -0.15) is 0 Å². The number of allylic oxidation sites excluding steroid dienone is 7. The van der Waals surface area contributed by atoms with Gasteiger partial charge in [0.1, 0.15) is 5.78 Å². The summed E-state index contributed by atoms with van der Waals surface area (Å²) in [5.74, 6) is -0.479. The molecule has 0 heterocycles. The van der Waals surface area contributed by atoms with Crippen molar-refractivity contribution in [3.8, 4) is 0 Å². The number of Topliss-reactive ketones (excluding diaryl/α,β-unsaturated/α-hetero) is 1. The lowest BCUT2D eigenvalue weighted by atomic mass is 9.79. The molecule has 0 saturated heterocycles. The minimum atomic E-state index is -0.970. The summed E-state index contributed by atoms with van der Waals surface area (Å²) in [5, 5.41) is 20.3. The zero-order valence-corrected chi connectivity index (χ0v) is 14.7. The van der Waals surface area contributed by atoms with E-state index in [0.29, 0.717) is 11.5 Å². The highest BCUT2D eigenvalue weighted by molar-refractivity contribution is 5.81. The highest BCUT2D eigenvalue weighted by Crippen LogP contribution is 2.30. The molecule has 0 aromatic heterocycles. The van der Waals surface area contributed by atoms with Gasteiger partial charge < -0.3 is 10.2 Å². The van der Waals surface area contributed by atoms with Crippen LogP contribution in [0.1, 0.15) is 34.6 Å². The Morgan fingerprint density at radius 1 is 1.22 bits per heavy atom. The molecule has 0 aromatic carbocycles. The largest absolute Gasteiger partial charge is 0.388 e. The zero-order valence-electron chi connectivity index (χ0n) is 14.7. The van der Waals surface area contributed by atoms with Crippen molar-refractivity contribution in [3.63, 3.8) is 0 Å². The Balaban J connectivity index is 2.92. The molecule has 0 aliphatic heterocycles. The van der Waals surface area contributed by atoms with Gasteiger partial charge in [-0.15, -0.1) is 0 Å². The predicted octanol–water partition coefficient (Wildman–Crippen LogP) is 3.51. The van der Waals surface area contributed by atoms with Gasteiger partial charge in [-0.05, 0) is 37.8 Å². The monoisotopic (exact) mass is 316 g/mol. The first-order valence-electron chi connectivity index (χ1n) is 8.02. The van der Waals surface area contributed by atoms with E-state index in [9.17, 15) is 15.0 Å². The van der Waals surface area contributed by atoms with Crippen LogP contribution < -0.4 is 0 Å². The third-order valence-electron chi connectivity index (χ3n) is 3.86. The first-order chi connectivity index (χ1) is 10.7. The molecule has 2 N–H and O–H groups in total. The molecule has 3 nitrogen and oxygen atoms in total. The van der Waals surface area contributed by atoms with Gasteiger partial charge >= 0.3 is 0 Å². The van der Waals surface area contributed by atoms with Crippen molar-refractivity contribution in [2.75, 3.05) is 0 Å². The van der Waals surface area contributed by atoms with E-state index >= 15 is 0 Å². The third-order valence-corrected chi connectivity index (χ3v) is 3.86. The van der Waals surface area contributed by atoms with Crippen LogP contribution in [-0.2, 0) is 4.79 Å². The maximum atomic E-state index is 11.6. The molecule has 126 valence electrons. The van der Waals surface area contributed by atoms with Crippen LogP contribution in [0, 0.1) is 11.8 Å². The van der Waals surface area contributed by atoms with Gasteiger partial charge in [-0.25, -0.2) is 0 Å². The van der Waals surface area contributed by atoms with Crippen LogP contribution in [0.15, 0.2) is 59.3 Å². The lowest BCUT2D eigenvalue weighted by molar-refractivity contribution is -0.127. The third kappa shape index (κ3) is 5.77. The molecular formula is C20H28O3. The lowest BCUT2D eigenvalue weighted by Gasteiger charge is -2.31. The van der Waals surface area contributed by atoms with Crippen molar-refractivity contribution >= 4 is 5.78 Å². The molecule has 23 heavy (non-hydrogen) atoms. The molecule has 3 atom stereocenters. The summed E-state index contributed by atoms with van der Waals surface area (Å²) in [6, 6.07) is 0. The van der Waals surface area contributed by atoms with Gasteiger partial charge in [0.25, 0.3) is 0 Å². The van der Waals surface area contributed by atoms with Gasteiger partial charge in [-0.1, -0.05) is 62.0 Å². The van der Waals surface area contributed by atoms with Crippen molar-refractivity contribution in [1.82, 2.24) is 0 Å². The van der Waals surface area contributed by atoms with Crippen LogP contribution in [0.2, 0.25) is 0 Å². The second-order valence-corrected chi connectivity index (χ2v) is 6.44. The molecule has 0 spiro atoms. The summed E-state index contributed by atoms with van der Waals surface area (Å²) in [4.78, 5) is 11.6. The Hall–Kier alpha value is -1.71. The van der Waals surface area contributed by atoms with Crippen molar-refractivity contribution in [3.05, 3.63) is 59.3 Å². The minimum absolute atomic E-state index is 0.210. The van der Waals surface area contributed by atoms with Crippen LogP contribution >= 0.6 is 0 Å². The molecule has 1 aliphatic rings. The summed E-state index contributed by atoms with van der Waals surface area (Å²) in [6.45, 7) is 9.48. The SMILES string of the molecule is CC(=O)[C@@H]1[C@H](O)C=C(C)\C(=C/C=C/C(C)=C/C=C/C(C)C)[C@@H]1O. The number of carbonyl (C=O) groups is 1. The highest BCUT2D eigenvalue weighted by Gasteiger charge is 2.36. The van der Waals surface area contributed by atoms with Crippen molar-refractivity contribution < 1.29 is 15.0 Å². The van der Waals surface area contributed by atoms with Crippen LogP contribution in [0.5, 0.6) is 0 Å². The Kier molecular flexibility index (Phi) is 7.40. The zero-order chi connectivity index (χ0) is 17.6. The molecule has 0 unspecified atom stereocenters. The fraction of sp³-hybridized carbons (Fsp3) is 0.450. The van der Waals surface area contributed by atoms with Gasteiger partial charge in [0, 0.05) is 0 Å². The Morgan fingerprint density at radius 3 is 2.43 bits per heavy atom. The number of rotatable bonds is 5. The fourth-order valence-corrected chi connectivity index (χ4v) is 2.55. The number of carbonyl (C=O) groups excluding carboxylic acids is 1. The molecular weight excluding hydrogens is 288 g/mol. The summed E-state index contributed by atoms with van der Waals surface area (Å²) in [7, 11) is 0. The molecule has 0 bridgehead atoms. The van der Waals surface area contributed by atoms with E-state index in [-0.39, 0.29) is 5.78 Å². The molecule has 0 amide bonds. The van der Waals surface area contributed by atoms with E-state index in [1.165, 1.54) is 6.92 Å². The number of aliphatic hydroxyl groups is 2. The molecule has 1 aliphatic carbocycles. The quantitative estimate of drug-likeness (QED) is 0.763. The Labute approximate surface area is 139 Å². The van der Waals surface area contributed by atoms with Crippen LogP contribution in [0.4, 0.5) is 0 Å². The standard InChI is InChI=1S/C20H28O3/c1-13(2)8-6-9-14(3)10-7-11-17-15(4)12-18(22)19(16(5)21)20(17)23/h6-13,18-20,22-23H,1-5H3/b8-6+,10-7+,14-9+,17-11+/t18-,19-,20+/m1/s1. The second-order valence-electron chi connectivity index (χ2n) is 6.44. The fourth-order valence-electron chi connectivity index (χ4n) is 2.55. The van der Waals surface area contributed by atoms with Crippen molar-refractivity contribution in [2.24, 2.45) is 11.8 Å². The Bertz CT molecular complexity index is 574. The maximum absolute atomic E-state index is 11.6. The number of hydrogen-bond donors (Lipinski definition) is 2. The maximum Gasteiger partial charge on any atom is 0.138 e. The van der Waals surface area contributed by atoms with E-state index in [2.05, 4.69) is 19.9 Å². The van der Waals surface area contributed by atoms with Crippen molar-refractivity contribution in [2.45, 2.75) is 46.8 Å². The predicted molar refractivity (Wildman–Crippen MR) is 94.9 cm³/mol. The van der Waals surface area contributed by atoms with Crippen LogP contribution in [-0.4, -0.2) is 28.2 Å². The first-order valence-corrected chi connectivity index (χ1v) is 8.02. The van der Waals surface area contributed by atoms with E-state index in [1.54, 1.807) is 6.08 Å². The molecule has 1 rings (SSSR count). The first kappa shape index (κ1) is 19.3. The molecule has 0 fully saturated rings. The summed E-state index contributed by atoms with van der Waals surface area (Å²) in [5.41, 5.74) is 2.57. The van der Waals surface area contributed by atoms with Gasteiger partial charge in [0.05, 0.1) is 18.1 Å².